The van der Waals surface area contributed by atoms with Gasteiger partial charge in [0.05, 0.1) is 24.7 Å². The Bertz CT molecular complexity index is 468. The van der Waals surface area contributed by atoms with Crippen LogP contribution in [0.3, 0.4) is 0 Å². The molecule has 0 aliphatic heterocycles. The van der Waals surface area contributed by atoms with E-state index in [1.165, 1.54) is 6.07 Å². The van der Waals surface area contributed by atoms with E-state index >= 15 is 0 Å². The van der Waals surface area contributed by atoms with Gasteiger partial charge in [-0.3, -0.25) is 4.79 Å². The number of carbonyl (C=O) groups is 1. The van der Waals surface area contributed by atoms with Crippen LogP contribution in [0.2, 0.25) is 0 Å². The van der Waals surface area contributed by atoms with Crippen LogP contribution in [0.5, 0.6) is 0 Å². The van der Waals surface area contributed by atoms with Crippen LogP contribution < -0.4 is 0 Å². The summed E-state index contributed by atoms with van der Waals surface area (Å²) in [5, 5.41) is 9.20. The van der Waals surface area contributed by atoms with Crippen molar-refractivity contribution in [3.05, 3.63) is 34.6 Å². The van der Waals surface area contributed by atoms with Crippen LogP contribution >= 0.6 is 15.9 Å². The summed E-state index contributed by atoms with van der Waals surface area (Å²) in [6, 6.07) is 4.53. The molecule has 1 aromatic rings. The Morgan fingerprint density at radius 3 is 2.76 bits per heavy atom. The zero-order valence-corrected chi connectivity index (χ0v) is 10.9. The normalized spacial score (nSPS) is 9.76. The van der Waals surface area contributed by atoms with Gasteiger partial charge in [-0.2, -0.15) is 5.26 Å². The summed E-state index contributed by atoms with van der Waals surface area (Å²) in [5.74, 6) is -0.873. The highest BCUT2D eigenvalue weighted by atomic mass is 79.9. The maximum absolute atomic E-state index is 13.4. The number of halogens is 2. The van der Waals surface area contributed by atoms with Crippen molar-refractivity contribution in [2.24, 2.45) is 0 Å². The van der Waals surface area contributed by atoms with Crippen molar-refractivity contribution in [2.75, 3.05) is 6.61 Å². The van der Waals surface area contributed by atoms with Crippen LogP contribution in [0, 0.1) is 17.1 Å². The molecular formula is C12H11BrFNO2. The molecule has 0 heterocycles. The quantitative estimate of drug-likeness (QED) is 0.634. The van der Waals surface area contributed by atoms with Crippen LogP contribution in [0.1, 0.15) is 23.6 Å². The lowest BCUT2D eigenvalue weighted by atomic mass is 10.0. The first-order valence-corrected chi connectivity index (χ1v) is 6.17. The largest absolute Gasteiger partial charge is 0.466 e. The Morgan fingerprint density at radius 2 is 2.24 bits per heavy atom. The monoisotopic (exact) mass is 299 g/mol. The van der Waals surface area contributed by atoms with Crippen molar-refractivity contribution in [2.45, 2.75) is 18.7 Å². The molecule has 0 saturated heterocycles. The van der Waals surface area contributed by atoms with Gasteiger partial charge in [-0.05, 0) is 24.1 Å². The fourth-order valence-corrected chi connectivity index (χ4v) is 1.82. The molecule has 0 atom stereocenters. The molecular weight excluding hydrogens is 289 g/mol. The zero-order chi connectivity index (χ0) is 12.8. The van der Waals surface area contributed by atoms with Gasteiger partial charge < -0.3 is 4.74 Å². The number of hydrogen-bond acceptors (Lipinski definition) is 3. The molecule has 0 spiro atoms. The second-order valence-electron chi connectivity index (χ2n) is 3.33. The van der Waals surface area contributed by atoms with Crippen LogP contribution in [0.4, 0.5) is 4.39 Å². The summed E-state index contributed by atoms with van der Waals surface area (Å²) in [6.07, 6.45) is -0.0169. The molecule has 0 radical (unpaired) electrons. The average Bonchev–Trinajstić information content (AvgIpc) is 2.31. The van der Waals surface area contributed by atoms with Gasteiger partial charge in [-0.15, -0.1) is 0 Å². The number of hydrogen-bond donors (Lipinski definition) is 0. The van der Waals surface area contributed by atoms with Gasteiger partial charge in [0.15, 0.2) is 0 Å². The fraction of sp³-hybridized carbons (Fsp3) is 0.333. The van der Waals surface area contributed by atoms with E-state index in [1.54, 1.807) is 6.92 Å². The van der Waals surface area contributed by atoms with Crippen LogP contribution in [0.25, 0.3) is 0 Å². The standard InChI is InChI=1S/C12H11BrFNO2/c1-2-17-12(16)5-8-3-9(6-13)11(14)4-10(8)7-15/h3-4H,2,5-6H2,1H3. The van der Waals surface area contributed by atoms with Gasteiger partial charge in [-0.25, -0.2) is 4.39 Å². The number of nitrogens with zero attached hydrogens (tertiary/aromatic N) is 1. The maximum Gasteiger partial charge on any atom is 0.310 e. The van der Waals surface area contributed by atoms with Crippen molar-refractivity contribution >= 4 is 21.9 Å². The Labute approximate surface area is 107 Å². The van der Waals surface area contributed by atoms with Gasteiger partial charge in [0.1, 0.15) is 5.82 Å². The highest BCUT2D eigenvalue weighted by Crippen LogP contribution is 2.18. The molecule has 0 N–H and O–H groups in total. The molecule has 0 aliphatic rings. The highest BCUT2D eigenvalue weighted by Gasteiger charge is 2.12. The summed E-state index contributed by atoms with van der Waals surface area (Å²) in [6.45, 7) is 1.99. The number of carbonyl (C=O) groups excluding carboxylic acids is 1. The Balaban J connectivity index is 3.05. The average molecular weight is 300 g/mol. The summed E-state index contributed by atoms with van der Waals surface area (Å²) in [4.78, 5) is 11.3. The first-order valence-electron chi connectivity index (χ1n) is 5.05. The lowest BCUT2D eigenvalue weighted by Gasteiger charge is -2.07. The summed E-state index contributed by atoms with van der Waals surface area (Å²) >= 11 is 3.15. The Hall–Kier alpha value is -1.41. The number of alkyl halides is 1. The molecule has 0 aliphatic carbocycles. The van der Waals surface area contributed by atoms with Crippen molar-refractivity contribution in [3.8, 4) is 6.07 Å². The molecule has 1 rings (SSSR count). The molecule has 0 aromatic heterocycles. The van der Waals surface area contributed by atoms with Crippen LogP contribution in [0.15, 0.2) is 12.1 Å². The zero-order valence-electron chi connectivity index (χ0n) is 9.30. The third kappa shape index (κ3) is 3.53. The lowest BCUT2D eigenvalue weighted by molar-refractivity contribution is -0.142. The Morgan fingerprint density at radius 1 is 1.53 bits per heavy atom. The third-order valence-corrected chi connectivity index (χ3v) is 2.78. The van der Waals surface area contributed by atoms with Gasteiger partial charge in [0.25, 0.3) is 0 Å². The lowest BCUT2D eigenvalue weighted by Crippen LogP contribution is -2.09. The van der Waals surface area contributed by atoms with Gasteiger partial charge in [-0.1, -0.05) is 22.0 Å². The first kappa shape index (κ1) is 13.7. The minimum atomic E-state index is -0.453. The van der Waals surface area contributed by atoms with Gasteiger partial charge in [0, 0.05) is 5.33 Å². The van der Waals surface area contributed by atoms with Gasteiger partial charge >= 0.3 is 5.97 Å². The molecule has 5 heteroatoms. The van der Waals surface area contributed by atoms with Crippen molar-refractivity contribution < 1.29 is 13.9 Å². The molecule has 17 heavy (non-hydrogen) atoms. The fourth-order valence-electron chi connectivity index (χ4n) is 1.39. The second kappa shape index (κ2) is 6.36. The van der Waals surface area contributed by atoms with Crippen LogP contribution in [-0.2, 0) is 21.3 Å². The number of esters is 1. The SMILES string of the molecule is CCOC(=O)Cc1cc(CBr)c(F)cc1C#N. The smallest absolute Gasteiger partial charge is 0.310 e. The number of rotatable bonds is 4. The molecule has 90 valence electrons. The summed E-state index contributed by atoms with van der Waals surface area (Å²) in [5.41, 5.74) is 1.07. The van der Waals surface area contributed by atoms with E-state index in [-0.39, 0.29) is 18.6 Å². The van der Waals surface area contributed by atoms with Gasteiger partial charge in [0.2, 0.25) is 0 Å². The Kier molecular flexibility index (Phi) is 5.11. The van der Waals surface area contributed by atoms with Crippen molar-refractivity contribution in [1.29, 1.82) is 5.26 Å². The van der Waals surface area contributed by atoms with E-state index in [2.05, 4.69) is 15.9 Å². The summed E-state index contributed by atoms with van der Waals surface area (Å²) in [7, 11) is 0. The molecule has 0 fully saturated rings. The molecule has 3 nitrogen and oxygen atoms in total. The molecule has 0 amide bonds. The third-order valence-electron chi connectivity index (χ3n) is 2.18. The molecule has 0 unspecified atom stereocenters. The number of benzene rings is 1. The van der Waals surface area contributed by atoms with E-state index in [0.717, 1.165) is 6.07 Å². The van der Waals surface area contributed by atoms with Crippen molar-refractivity contribution in [1.82, 2.24) is 0 Å². The topological polar surface area (TPSA) is 50.1 Å². The van der Waals surface area contributed by atoms with E-state index < -0.39 is 11.8 Å². The minimum Gasteiger partial charge on any atom is -0.466 e. The predicted octanol–water partition coefficient (Wildman–Crippen LogP) is 2.70. The first-order chi connectivity index (χ1) is 8.12. The summed E-state index contributed by atoms with van der Waals surface area (Å²) < 4.78 is 18.2. The molecule has 0 saturated carbocycles. The van der Waals surface area contributed by atoms with E-state index in [1.807, 2.05) is 6.07 Å². The predicted molar refractivity (Wildman–Crippen MR) is 64.1 cm³/mol. The van der Waals surface area contributed by atoms with E-state index in [4.69, 9.17) is 10.00 Å². The van der Waals surface area contributed by atoms with Crippen molar-refractivity contribution in [3.63, 3.8) is 0 Å². The number of ether oxygens (including phenoxy) is 1. The molecule has 0 bridgehead atoms. The van der Waals surface area contributed by atoms with E-state index in [0.29, 0.717) is 16.5 Å². The molecule has 1 aromatic carbocycles. The van der Waals surface area contributed by atoms with E-state index in [9.17, 15) is 9.18 Å². The number of nitriles is 1. The highest BCUT2D eigenvalue weighted by molar-refractivity contribution is 9.08. The van der Waals surface area contributed by atoms with Crippen LogP contribution in [-0.4, -0.2) is 12.6 Å². The second-order valence-corrected chi connectivity index (χ2v) is 3.89. The minimum absolute atomic E-state index is 0.0169. The maximum atomic E-state index is 13.4.